The quantitative estimate of drug-likeness (QED) is 0.201. The maximum absolute atomic E-state index is 5.97. The minimum Gasteiger partial charge on any atom is -0.323 e. The maximum Gasteiger partial charge on any atom is 0.0993 e. The van der Waals surface area contributed by atoms with Crippen molar-refractivity contribution in [2.24, 2.45) is 21.9 Å². The first-order valence-corrected chi connectivity index (χ1v) is 13.4. The highest BCUT2D eigenvalue weighted by molar-refractivity contribution is 7.23. The van der Waals surface area contributed by atoms with Crippen LogP contribution in [0.4, 0.5) is 0 Å². The Morgan fingerprint density at radius 2 is 0.889 bits per heavy atom. The average molecular weight is 503 g/mol. The zero-order valence-electron chi connectivity index (χ0n) is 19.8. The van der Waals surface area contributed by atoms with E-state index >= 15 is 0 Å². The molecule has 4 N–H and O–H groups in total. The van der Waals surface area contributed by atoms with Crippen LogP contribution in [0.1, 0.15) is 11.1 Å². The van der Waals surface area contributed by atoms with Crippen LogP contribution in [0.5, 0.6) is 0 Å². The van der Waals surface area contributed by atoms with Crippen molar-refractivity contribution in [1.82, 2.24) is 0 Å². The zero-order chi connectivity index (χ0) is 24.6. The van der Waals surface area contributed by atoms with Crippen molar-refractivity contribution in [2.45, 2.75) is 13.8 Å². The molecule has 0 aliphatic heterocycles. The molecule has 7 aromatic rings. The Kier molecular flexibility index (Phi) is 4.58. The average Bonchev–Trinajstić information content (AvgIpc) is 3.62. The van der Waals surface area contributed by atoms with Gasteiger partial charge in [-0.2, -0.15) is 10.2 Å². The number of nitrogens with two attached hydrogens (primary N) is 2. The van der Waals surface area contributed by atoms with Gasteiger partial charge in [0.2, 0.25) is 0 Å². The molecular weight excluding hydrogens is 480 g/mol. The van der Waals surface area contributed by atoms with Crippen LogP contribution in [0.3, 0.4) is 0 Å². The van der Waals surface area contributed by atoms with Crippen molar-refractivity contribution in [1.29, 1.82) is 0 Å². The predicted molar refractivity (Wildman–Crippen MR) is 154 cm³/mol. The number of fused-ring (bicyclic) bond motifs is 6. The summed E-state index contributed by atoms with van der Waals surface area (Å²) in [6.07, 6.45) is 0. The molecule has 0 radical (unpaired) electrons. The lowest BCUT2D eigenvalue weighted by Gasteiger charge is -1.99. The van der Waals surface area contributed by atoms with Gasteiger partial charge in [0.1, 0.15) is 0 Å². The molecule has 0 spiro atoms. The predicted octanol–water partition coefficient (Wildman–Crippen LogP) is 6.80. The molecule has 4 nitrogen and oxygen atoms in total. The van der Waals surface area contributed by atoms with Gasteiger partial charge in [-0.1, -0.05) is 59.7 Å². The minimum atomic E-state index is 0.840. The second-order valence-corrected chi connectivity index (χ2v) is 11.4. The van der Waals surface area contributed by atoms with E-state index in [2.05, 4.69) is 96.8 Å². The first kappa shape index (κ1) is 21.3. The fourth-order valence-electron chi connectivity index (χ4n) is 5.19. The van der Waals surface area contributed by atoms with Crippen molar-refractivity contribution < 1.29 is 0 Å². The number of aryl methyl sites for hydroxylation is 2. The molecular formula is C30H22N4S2. The third kappa shape index (κ3) is 2.98. The van der Waals surface area contributed by atoms with E-state index in [1.807, 2.05) is 0 Å². The van der Waals surface area contributed by atoms with Crippen LogP contribution in [0.25, 0.3) is 62.6 Å². The van der Waals surface area contributed by atoms with Crippen molar-refractivity contribution in [2.75, 3.05) is 0 Å². The molecule has 0 aliphatic rings. The number of hydrogen-bond donors (Lipinski definition) is 2. The zero-order valence-corrected chi connectivity index (χ0v) is 21.4. The molecule has 6 heteroatoms. The molecule has 0 fully saturated rings. The number of rotatable bonds is 2. The van der Waals surface area contributed by atoms with E-state index in [1.165, 1.54) is 41.4 Å². The third-order valence-electron chi connectivity index (χ3n) is 7.06. The molecule has 2 aromatic heterocycles. The van der Waals surface area contributed by atoms with E-state index in [-0.39, 0.29) is 0 Å². The van der Waals surface area contributed by atoms with Crippen LogP contribution >= 0.6 is 22.7 Å². The molecule has 0 aliphatic carbocycles. The van der Waals surface area contributed by atoms with Crippen molar-refractivity contribution in [3.63, 3.8) is 0 Å². The lowest BCUT2D eigenvalue weighted by molar-refractivity contribution is 1.17. The Hall–Kier alpha value is -4.00. The summed E-state index contributed by atoms with van der Waals surface area (Å²) in [7, 11) is 0. The first-order valence-electron chi connectivity index (χ1n) is 11.7. The lowest BCUT2D eigenvalue weighted by atomic mass is 10.1. The largest absolute Gasteiger partial charge is 0.323 e. The van der Waals surface area contributed by atoms with Gasteiger partial charge in [-0.25, -0.2) is 0 Å². The highest BCUT2D eigenvalue weighted by Crippen LogP contribution is 2.42. The van der Waals surface area contributed by atoms with Gasteiger partial charge in [0.25, 0.3) is 0 Å². The van der Waals surface area contributed by atoms with Crippen LogP contribution in [0, 0.1) is 13.8 Å². The lowest BCUT2D eigenvalue weighted by Crippen LogP contribution is -2.04. The highest BCUT2D eigenvalue weighted by Gasteiger charge is 2.19. The summed E-state index contributed by atoms with van der Waals surface area (Å²) in [5.41, 5.74) is 4.90. The molecule has 0 atom stereocenters. The number of nitrogens with zero attached hydrogens (tertiary/aromatic N) is 2. The van der Waals surface area contributed by atoms with Gasteiger partial charge in [0.05, 0.1) is 10.7 Å². The molecule has 7 rings (SSSR count). The van der Waals surface area contributed by atoms with E-state index in [9.17, 15) is 0 Å². The van der Waals surface area contributed by atoms with E-state index < -0.39 is 0 Å². The topological polar surface area (TPSA) is 76.8 Å². The van der Waals surface area contributed by atoms with E-state index in [0.717, 1.165) is 43.0 Å². The van der Waals surface area contributed by atoms with Crippen LogP contribution < -0.4 is 22.4 Å². The van der Waals surface area contributed by atoms with Gasteiger partial charge in [-0.15, -0.1) is 22.7 Å². The van der Waals surface area contributed by atoms with Gasteiger partial charge in [0, 0.05) is 51.5 Å². The van der Waals surface area contributed by atoms with Gasteiger partial charge in [0.15, 0.2) is 0 Å². The summed E-state index contributed by atoms with van der Waals surface area (Å²) in [4.78, 5) is 2.42. The van der Waals surface area contributed by atoms with Gasteiger partial charge in [-0.05, 0) is 49.2 Å². The van der Waals surface area contributed by atoms with Crippen molar-refractivity contribution >= 4 is 64.4 Å². The second-order valence-electron chi connectivity index (χ2n) is 9.34. The Bertz CT molecular complexity index is 1910. The third-order valence-corrected chi connectivity index (χ3v) is 9.50. The summed E-state index contributed by atoms with van der Waals surface area (Å²) >= 11 is 3.56. The standard InChI is InChI=1S/C30H22N4S2/c1-15-3-7-17(8-4-15)25-13-23-27(33-31)19-12-22-20(11-21(19)29(23)35-25)28(34-32)24-14-26(36-30(22)24)18-9-5-16(2)6-10-18/h3-14H,31-32H2,1-2H3/b33-27+,34-28+. The Labute approximate surface area is 215 Å². The number of thiophene rings is 2. The number of hydrogen-bond acceptors (Lipinski definition) is 6. The first-order chi connectivity index (χ1) is 17.6. The van der Waals surface area contributed by atoms with Gasteiger partial charge >= 0.3 is 0 Å². The normalized spacial score (nSPS) is 13.3. The SMILES string of the molecule is Cc1ccc(-c2cc3/c(=N/N)c4cc5c(cc4c3s2)/c(=N\N)c2cc(-c3ccc(C)cc3)sc25)cc1. The van der Waals surface area contributed by atoms with Crippen LogP contribution in [0.2, 0.25) is 0 Å². The molecule has 0 bridgehead atoms. The summed E-state index contributed by atoms with van der Waals surface area (Å²) in [5, 5.41) is 16.8. The van der Waals surface area contributed by atoms with E-state index in [1.54, 1.807) is 22.7 Å². The second kappa shape index (κ2) is 7.75. The molecule has 0 unspecified atom stereocenters. The minimum absolute atomic E-state index is 0.840. The molecule has 0 amide bonds. The molecule has 5 aromatic carbocycles. The van der Waals surface area contributed by atoms with E-state index in [0.29, 0.717) is 0 Å². The Morgan fingerprint density at radius 3 is 1.25 bits per heavy atom. The molecule has 0 saturated heterocycles. The fourth-order valence-corrected chi connectivity index (χ4v) is 7.58. The highest BCUT2D eigenvalue weighted by atomic mass is 32.1. The van der Waals surface area contributed by atoms with Crippen LogP contribution in [0.15, 0.2) is 83.0 Å². The van der Waals surface area contributed by atoms with Gasteiger partial charge in [-0.3, -0.25) is 0 Å². The molecule has 2 heterocycles. The van der Waals surface area contributed by atoms with Gasteiger partial charge < -0.3 is 11.7 Å². The van der Waals surface area contributed by atoms with Crippen molar-refractivity contribution in [3.8, 4) is 20.9 Å². The summed E-state index contributed by atoms with van der Waals surface area (Å²) < 4.78 is 2.39. The molecule has 36 heavy (non-hydrogen) atoms. The monoisotopic (exact) mass is 502 g/mol. The fraction of sp³-hybridized carbons (Fsp3) is 0.0667. The molecule has 0 saturated carbocycles. The molecule has 174 valence electrons. The Morgan fingerprint density at radius 1 is 0.500 bits per heavy atom. The van der Waals surface area contributed by atoms with Crippen LogP contribution in [-0.4, -0.2) is 0 Å². The summed E-state index contributed by atoms with van der Waals surface area (Å²) in [5.74, 6) is 11.9. The summed E-state index contributed by atoms with van der Waals surface area (Å²) in [6, 6.07) is 26.1. The Balaban J connectivity index is 1.51. The number of benzene rings is 3. The smallest absolute Gasteiger partial charge is 0.0993 e. The van der Waals surface area contributed by atoms with Crippen molar-refractivity contribution in [3.05, 3.63) is 94.6 Å². The van der Waals surface area contributed by atoms with Crippen LogP contribution in [-0.2, 0) is 0 Å². The summed E-state index contributed by atoms with van der Waals surface area (Å²) in [6.45, 7) is 4.21. The maximum atomic E-state index is 5.97. The van der Waals surface area contributed by atoms with E-state index in [4.69, 9.17) is 11.7 Å².